The molecule has 7 heteroatoms. The van der Waals surface area contributed by atoms with Gasteiger partial charge < -0.3 is 10.1 Å². The highest BCUT2D eigenvalue weighted by molar-refractivity contribution is 7.89. The largest absolute Gasteiger partial charge is 0.494 e. The number of hydrogen-bond acceptors (Lipinski definition) is 5. The normalized spacial score (nSPS) is 12.2. The van der Waals surface area contributed by atoms with E-state index in [4.69, 9.17) is 9.88 Å². The molecule has 24 heavy (non-hydrogen) atoms. The number of nitrogens with one attached hydrogen (secondary N) is 1. The molecule has 0 bridgehead atoms. The Bertz CT molecular complexity index is 856. The van der Waals surface area contributed by atoms with Crippen LogP contribution in [-0.2, 0) is 10.0 Å². The van der Waals surface area contributed by atoms with E-state index in [2.05, 4.69) is 5.32 Å². The number of nitrogens with zero attached hydrogens (tertiary/aromatic N) is 1. The summed E-state index contributed by atoms with van der Waals surface area (Å²) < 4.78 is 28.2. The second kappa shape index (κ2) is 7.34. The van der Waals surface area contributed by atoms with E-state index in [0.717, 1.165) is 11.3 Å². The van der Waals surface area contributed by atoms with Crippen molar-refractivity contribution >= 4 is 15.7 Å². The number of nitrogens with two attached hydrogens (primary N) is 1. The second-order valence-electron chi connectivity index (χ2n) is 5.23. The number of primary sulfonamides is 1. The molecule has 0 spiro atoms. The fourth-order valence-corrected chi connectivity index (χ4v) is 2.79. The van der Waals surface area contributed by atoms with Crippen LogP contribution >= 0.6 is 0 Å². The monoisotopic (exact) mass is 345 g/mol. The van der Waals surface area contributed by atoms with Crippen LogP contribution in [0.2, 0.25) is 0 Å². The summed E-state index contributed by atoms with van der Waals surface area (Å²) in [6, 6.07) is 13.7. The lowest BCUT2D eigenvalue weighted by Crippen LogP contribution is -2.13. The quantitative estimate of drug-likeness (QED) is 0.837. The van der Waals surface area contributed by atoms with E-state index >= 15 is 0 Å². The first-order valence-corrected chi connectivity index (χ1v) is 8.96. The third-order valence-electron chi connectivity index (χ3n) is 3.50. The van der Waals surface area contributed by atoms with Crippen LogP contribution in [-0.4, -0.2) is 15.0 Å². The lowest BCUT2D eigenvalue weighted by atomic mass is 10.1. The van der Waals surface area contributed by atoms with Crippen LogP contribution in [0.4, 0.5) is 5.69 Å². The van der Waals surface area contributed by atoms with Gasteiger partial charge in [-0.25, -0.2) is 13.6 Å². The molecule has 1 atom stereocenters. The number of sulfonamides is 1. The third kappa shape index (κ3) is 4.25. The van der Waals surface area contributed by atoms with Gasteiger partial charge in [0.2, 0.25) is 10.0 Å². The van der Waals surface area contributed by atoms with Gasteiger partial charge >= 0.3 is 0 Å². The van der Waals surface area contributed by atoms with Gasteiger partial charge in [0.05, 0.1) is 22.8 Å². The lowest BCUT2D eigenvalue weighted by molar-refractivity contribution is 0.340. The smallest absolute Gasteiger partial charge is 0.238 e. The van der Waals surface area contributed by atoms with Gasteiger partial charge in [-0.2, -0.15) is 5.26 Å². The first-order chi connectivity index (χ1) is 11.3. The Morgan fingerprint density at radius 1 is 1.25 bits per heavy atom. The highest BCUT2D eigenvalue weighted by Crippen LogP contribution is 2.25. The zero-order valence-corrected chi connectivity index (χ0v) is 14.3. The standard InChI is InChI=1S/C17H19N3O3S/c1-3-23-15-6-4-13(5-7-15)12(2)20-17-9-8-16(24(19,21)22)10-14(17)11-18/h4-10,12,20H,3H2,1-2H3,(H2,19,21,22). The van der Waals surface area contributed by atoms with Crippen molar-refractivity contribution in [3.05, 3.63) is 53.6 Å². The van der Waals surface area contributed by atoms with E-state index in [1.54, 1.807) is 6.07 Å². The first-order valence-electron chi connectivity index (χ1n) is 7.41. The summed E-state index contributed by atoms with van der Waals surface area (Å²) in [6.07, 6.45) is 0. The van der Waals surface area contributed by atoms with Crippen molar-refractivity contribution < 1.29 is 13.2 Å². The summed E-state index contributed by atoms with van der Waals surface area (Å²) in [6.45, 7) is 4.48. The predicted molar refractivity (Wildman–Crippen MR) is 92.2 cm³/mol. The Morgan fingerprint density at radius 2 is 1.92 bits per heavy atom. The molecule has 2 aromatic carbocycles. The van der Waals surface area contributed by atoms with Gasteiger partial charge in [-0.15, -0.1) is 0 Å². The molecule has 0 aliphatic rings. The molecule has 2 rings (SSSR count). The highest BCUT2D eigenvalue weighted by Gasteiger charge is 2.13. The zero-order valence-electron chi connectivity index (χ0n) is 13.5. The number of anilines is 1. The number of benzene rings is 2. The summed E-state index contributed by atoms with van der Waals surface area (Å²) in [4.78, 5) is -0.0849. The van der Waals surface area contributed by atoms with E-state index in [9.17, 15) is 13.7 Å². The summed E-state index contributed by atoms with van der Waals surface area (Å²) in [5, 5.41) is 17.5. The number of rotatable bonds is 6. The molecule has 2 aromatic rings. The van der Waals surface area contributed by atoms with Crippen molar-refractivity contribution in [3.8, 4) is 11.8 Å². The van der Waals surface area contributed by atoms with Crippen LogP contribution in [0.5, 0.6) is 5.75 Å². The van der Waals surface area contributed by atoms with Crippen LogP contribution in [0, 0.1) is 11.3 Å². The second-order valence-corrected chi connectivity index (χ2v) is 6.79. The van der Waals surface area contributed by atoms with Gasteiger partial charge in [0, 0.05) is 6.04 Å². The highest BCUT2D eigenvalue weighted by atomic mass is 32.2. The molecule has 0 saturated heterocycles. The van der Waals surface area contributed by atoms with Gasteiger partial charge in [0.1, 0.15) is 11.8 Å². The molecule has 0 aliphatic carbocycles. The Morgan fingerprint density at radius 3 is 2.46 bits per heavy atom. The third-order valence-corrected chi connectivity index (χ3v) is 4.41. The first kappa shape index (κ1) is 17.8. The van der Waals surface area contributed by atoms with E-state index in [-0.39, 0.29) is 16.5 Å². The average Bonchev–Trinajstić information content (AvgIpc) is 2.55. The fraction of sp³-hybridized carbons (Fsp3) is 0.235. The molecule has 0 aliphatic heterocycles. The van der Waals surface area contributed by atoms with E-state index < -0.39 is 10.0 Å². The van der Waals surface area contributed by atoms with Gasteiger partial charge in [-0.1, -0.05) is 12.1 Å². The molecule has 0 fully saturated rings. The zero-order chi connectivity index (χ0) is 17.7. The van der Waals surface area contributed by atoms with Crippen molar-refractivity contribution in [1.82, 2.24) is 0 Å². The van der Waals surface area contributed by atoms with Gasteiger partial charge in [0.15, 0.2) is 0 Å². The van der Waals surface area contributed by atoms with Crippen LogP contribution in [0.25, 0.3) is 0 Å². The van der Waals surface area contributed by atoms with Crippen LogP contribution < -0.4 is 15.2 Å². The van der Waals surface area contributed by atoms with E-state index in [1.807, 2.05) is 44.2 Å². The summed E-state index contributed by atoms with van der Waals surface area (Å²) >= 11 is 0. The fourth-order valence-electron chi connectivity index (χ4n) is 2.25. The number of nitriles is 1. The summed E-state index contributed by atoms with van der Waals surface area (Å²) in [5.41, 5.74) is 1.78. The molecule has 0 saturated carbocycles. The topological polar surface area (TPSA) is 105 Å². The number of hydrogen-bond donors (Lipinski definition) is 2. The minimum Gasteiger partial charge on any atom is -0.494 e. The maximum Gasteiger partial charge on any atom is 0.238 e. The average molecular weight is 345 g/mol. The molecule has 0 aromatic heterocycles. The van der Waals surface area contributed by atoms with E-state index in [0.29, 0.717) is 12.3 Å². The minimum atomic E-state index is -3.84. The molecule has 126 valence electrons. The molecular formula is C17H19N3O3S. The van der Waals surface area contributed by atoms with Crippen LogP contribution in [0.15, 0.2) is 47.4 Å². The SMILES string of the molecule is CCOc1ccc(C(C)Nc2ccc(S(N)(=O)=O)cc2C#N)cc1. The van der Waals surface area contributed by atoms with Gasteiger partial charge in [-0.3, -0.25) is 0 Å². The lowest BCUT2D eigenvalue weighted by Gasteiger charge is -2.17. The Balaban J connectivity index is 2.22. The van der Waals surface area contributed by atoms with Crippen molar-refractivity contribution in [2.24, 2.45) is 5.14 Å². The molecule has 0 radical (unpaired) electrons. The Labute approximate surface area is 141 Å². The van der Waals surface area contributed by atoms with Crippen molar-refractivity contribution in [3.63, 3.8) is 0 Å². The van der Waals surface area contributed by atoms with Gasteiger partial charge in [-0.05, 0) is 49.7 Å². The molecule has 1 unspecified atom stereocenters. The minimum absolute atomic E-state index is 0.0758. The van der Waals surface area contributed by atoms with Gasteiger partial charge in [0.25, 0.3) is 0 Å². The molecule has 6 nitrogen and oxygen atoms in total. The Hall–Kier alpha value is -2.56. The maximum absolute atomic E-state index is 11.4. The Kier molecular flexibility index (Phi) is 5.44. The van der Waals surface area contributed by atoms with Crippen LogP contribution in [0.1, 0.15) is 31.0 Å². The number of ether oxygens (including phenoxy) is 1. The molecule has 3 N–H and O–H groups in total. The van der Waals surface area contributed by atoms with Crippen molar-refractivity contribution in [2.75, 3.05) is 11.9 Å². The summed E-state index contributed by atoms with van der Waals surface area (Å²) in [7, 11) is -3.84. The maximum atomic E-state index is 11.4. The van der Waals surface area contributed by atoms with Crippen LogP contribution in [0.3, 0.4) is 0 Å². The molecule has 0 amide bonds. The van der Waals surface area contributed by atoms with Crippen molar-refractivity contribution in [2.45, 2.75) is 24.8 Å². The molecule has 0 heterocycles. The van der Waals surface area contributed by atoms with E-state index in [1.165, 1.54) is 12.1 Å². The predicted octanol–water partition coefficient (Wildman–Crippen LogP) is 2.78. The van der Waals surface area contributed by atoms with Crippen molar-refractivity contribution in [1.29, 1.82) is 5.26 Å². The molecular weight excluding hydrogens is 326 g/mol. The summed E-state index contributed by atoms with van der Waals surface area (Å²) in [5.74, 6) is 0.795.